The van der Waals surface area contributed by atoms with Crippen LogP contribution in [0.1, 0.15) is 49.9 Å². The number of nitrogens with zero attached hydrogens (tertiary/aromatic N) is 2. The summed E-state index contributed by atoms with van der Waals surface area (Å²) in [7, 11) is 0. The molecule has 2 heterocycles. The van der Waals surface area contributed by atoms with E-state index in [4.69, 9.17) is 9.47 Å². The molecular weight excluding hydrogens is 468 g/mol. The van der Waals surface area contributed by atoms with Crippen molar-refractivity contribution in [2.45, 2.75) is 45.8 Å². The maximum Gasteiger partial charge on any atom is 0.295 e. The Kier molecular flexibility index (Phi) is 8.34. The molecule has 4 rings (SSSR count). The molecule has 0 radical (unpaired) electrons. The van der Waals surface area contributed by atoms with Crippen LogP contribution < -0.4 is 9.47 Å². The van der Waals surface area contributed by atoms with Crippen LogP contribution in [0.2, 0.25) is 0 Å². The molecule has 7 nitrogen and oxygen atoms in total. The van der Waals surface area contributed by atoms with Crippen molar-refractivity contribution in [3.8, 4) is 11.5 Å². The molecule has 37 heavy (non-hydrogen) atoms. The minimum absolute atomic E-state index is 0.0575. The van der Waals surface area contributed by atoms with Crippen molar-refractivity contribution in [2.24, 2.45) is 0 Å². The Morgan fingerprint density at radius 3 is 2.73 bits per heavy atom. The fourth-order valence-electron chi connectivity index (χ4n) is 5.12. The van der Waals surface area contributed by atoms with Crippen LogP contribution in [0.5, 0.6) is 11.5 Å². The molecule has 0 unspecified atom stereocenters. The summed E-state index contributed by atoms with van der Waals surface area (Å²) in [6.07, 6.45) is 3.15. The largest absolute Gasteiger partial charge is 0.507 e. The number of carbonyl (C=O) groups is 2. The number of aliphatic hydroxyl groups excluding tert-OH is 1. The first-order valence-corrected chi connectivity index (χ1v) is 13.0. The first-order valence-electron chi connectivity index (χ1n) is 13.0. The standard InChI is InChI=1S/C30H36N2O5/c1-5-16-36-24-11-8-10-21(19-24)27-26(28(33)22-12-13-25-23(18-22)17-20(4)37-25)29(34)30(35)32(27)15-9-14-31(6-2)7-3/h5,8,10-13,18-20,27,33H,1,6-7,9,14-17H2,2-4H3/t20-,27+/m0/s1. The summed E-state index contributed by atoms with van der Waals surface area (Å²) in [5.41, 5.74) is 2.28. The minimum atomic E-state index is -0.715. The van der Waals surface area contributed by atoms with Crippen LogP contribution in [0, 0.1) is 0 Å². The molecule has 1 amide bonds. The van der Waals surface area contributed by atoms with Gasteiger partial charge in [-0.1, -0.05) is 38.6 Å². The Balaban J connectivity index is 1.74. The maximum absolute atomic E-state index is 13.4. The molecule has 0 saturated carbocycles. The lowest BCUT2D eigenvalue weighted by Gasteiger charge is -2.27. The number of fused-ring (bicyclic) bond motifs is 1. The summed E-state index contributed by atoms with van der Waals surface area (Å²) < 4.78 is 11.5. The second-order valence-corrected chi connectivity index (χ2v) is 9.50. The molecule has 196 valence electrons. The molecule has 2 aromatic rings. The zero-order chi connectivity index (χ0) is 26.5. The smallest absolute Gasteiger partial charge is 0.295 e. The van der Waals surface area contributed by atoms with Crippen LogP contribution in [0.25, 0.3) is 5.76 Å². The summed E-state index contributed by atoms with van der Waals surface area (Å²) >= 11 is 0. The van der Waals surface area contributed by atoms with Crippen molar-refractivity contribution in [3.05, 3.63) is 77.4 Å². The van der Waals surface area contributed by atoms with Gasteiger partial charge in [0.05, 0.1) is 11.6 Å². The molecule has 2 atom stereocenters. The Bertz CT molecular complexity index is 1200. The number of aliphatic hydroxyl groups is 1. The molecule has 7 heteroatoms. The number of carbonyl (C=O) groups excluding carboxylic acids is 2. The van der Waals surface area contributed by atoms with Gasteiger partial charge in [-0.3, -0.25) is 9.59 Å². The SMILES string of the molecule is C=CCOc1cccc([C@@H]2C(=C(O)c3ccc4c(c3)C[C@H](C)O4)C(=O)C(=O)N2CCCN(CC)CC)c1. The summed E-state index contributed by atoms with van der Waals surface area (Å²) in [5.74, 6) is -0.0526. The summed E-state index contributed by atoms with van der Waals surface area (Å²) in [6, 6.07) is 12.0. The number of hydrogen-bond acceptors (Lipinski definition) is 6. The van der Waals surface area contributed by atoms with Gasteiger partial charge in [0.2, 0.25) is 0 Å². The summed E-state index contributed by atoms with van der Waals surface area (Å²) in [6.45, 7) is 13.3. The van der Waals surface area contributed by atoms with Crippen molar-refractivity contribution in [1.82, 2.24) is 9.80 Å². The van der Waals surface area contributed by atoms with E-state index in [-0.39, 0.29) is 17.4 Å². The number of Topliss-reactive ketones (excluding diaryl/α,β-unsaturated/α-hetero) is 1. The Labute approximate surface area is 219 Å². The maximum atomic E-state index is 13.4. The van der Waals surface area contributed by atoms with Crippen LogP contribution in [0.3, 0.4) is 0 Å². The van der Waals surface area contributed by atoms with E-state index in [9.17, 15) is 14.7 Å². The van der Waals surface area contributed by atoms with E-state index in [1.807, 2.05) is 43.3 Å². The number of benzene rings is 2. The van der Waals surface area contributed by atoms with Gasteiger partial charge >= 0.3 is 0 Å². The molecule has 2 aliphatic heterocycles. The molecule has 1 saturated heterocycles. The van der Waals surface area contributed by atoms with Crippen molar-refractivity contribution in [3.63, 3.8) is 0 Å². The highest BCUT2D eigenvalue weighted by molar-refractivity contribution is 6.46. The zero-order valence-electron chi connectivity index (χ0n) is 21.9. The number of ether oxygens (including phenoxy) is 2. The van der Waals surface area contributed by atoms with E-state index in [1.54, 1.807) is 17.0 Å². The second-order valence-electron chi connectivity index (χ2n) is 9.50. The molecule has 2 aromatic carbocycles. The van der Waals surface area contributed by atoms with Crippen LogP contribution in [0.4, 0.5) is 0 Å². The Morgan fingerprint density at radius 2 is 2.00 bits per heavy atom. The van der Waals surface area contributed by atoms with Crippen molar-refractivity contribution in [2.75, 3.05) is 32.8 Å². The van der Waals surface area contributed by atoms with Gasteiger partial charge in [0, 0.05) is 18.5 Å². The van der Waals surface area contributed by atoms with Crippen LogP contribution in [0.15, 0.2) is 60.7 Å². The normalized spacial score (nSPS) is 20.3. The van der Waals surface area contributed by atoms with Crippen LogP contribution in [-0.4, -0.2) is 65.5 Å². The minimum Gasteiger partial charge on any atom is -0.507 e. The quantitative estimate of drug-likeness (QED) is 0.206. The van der Waals surface area contributed by atoms with Crippen molar-refractivity contribution < 1.29 is 24.2 Å². The molecular formula is C30H36N2O5. The van der Waals surface area contributed by atoms with Crippen LogP contribution in [-0.2, 0) is 16.0 Å². The third-order valence-electron chi connectivity index (χ3n) is 7.02. The van der Waals surface area contributed by atoms with E-state index >= 15 is 0 Å². The van der Waals surface area contributed by atoms with Gasteiger partial charge in [0.15, 0.2) is 0 Å². The van der Waals surface area contributed by atoms with Gasteiger partial charge in [0.25, 0.3) is 11.7 Å². The predicted octanol–water partition coefficient (Wildman–Crippen LogP) is 4.73. The van der Waals surface area contributed by atoms with Crippen LogP contribution >= 0.6 is 0 Å². The third-order valence-corrected chi connectivity index (χ3v) is 7.02. The fourth-order valence-corrected chi connectivity index (χ4v) is 5.12. The highest BCUT2D eigenvalue weighted by Gasteiger charge is 2.46. The van der Waals surface area contributed by atoms with E-state index in [0.29, 0.717) is 36.4 Å². The number of rotatable bonds is 11. The number of hydrogen-bond donors (Lipinski definition) is 1. The van der Waals surface area contributed by atoms with Gasteiger partial charge in [-0.25, -0.2) is 0 Å². The third kappa shape index (κ3) is 5.57. The molecule has 0 aromatic heterocycles. The van der Waals surface area contributed by atoms with Gasteiger partial charge in [-0.05, 0) is 74.4 Å². The highest BCUT2D eigenvalue weighted by Crippen LogP contribution is 2.41. The molecule has 2 aliphatic rings. The average molecular weight is 505 g/mol. The van der Waals surface area contributed by atoms with E-state index in [1.165, 1.54) is 0 Å². The lowest BCUT2D eigenvalue weighted by Crippen LogP contribution is -2.33. The van der Waals surface area contributed by atoms with Crippen molar-refractivity contribution >= 4 is 17.4 Å². The van der Waals surface area contributed by atoms with E-state index in [2.05, 4.69) is 25.3 Å². The highest BCUT2D eigenvalue weighted by atomic mass is 16.5. The topological polar surface area (TPSA) is 79.3 Å². The molecule has 1 fully saturated rings. The Hall–Kier alpha value is -3.58. The average Bonchev–Trinajstić information content (AvgIpc) is 3.40. The first-order chi connectivity index (χ1) is 17.9. The van der Waals surface area contributed by atoms with E-state index < -0.39 is 17.7 Å². The molecule has 1 N–H and O–H groups in total. The van der Waals surface area contributed by atoms with Crippen molar-refractivity contribution in [1.29, 1.82) is 0 Å². The van der Waals surface area contributed by atoms with Gasteiger partial charge in [-0.2, -0.15) is 0 Å². The molecule has 0 bridgehead atoms. The Morgan fingerprint density at radius 1 is 1.22 bits per heavy atom. The van der Waals surface area contributed by atoms with Gasteiger partial charge < -0.3 is 24.4 Å². The van der Waals surface area contributed by atoms with Gasteiger partial charge in [0.1, 0.15) is 30.0 Å². The van der Waals surface area contributed by atoms with E-state index in [0.717, 1.165) is 37.4 Å². The first kappa shape index (κ1) is 26.5. The number of amides is 1. The zero-order valence-corrected chi connectivity index (χ0v) is 21.9. The second kappa shape index (κ2) is 11.6. The lowest BCUT2D eigenvalue weighted by atomic mass is 9.94. The molecule has 0 aliphatic carbocycles. The number of ketones is 1. The summed E-state index contributed by atoms with van der Waals surface area (Å²) in [4.78, 5) is 30.5. The number of likely N-dealkylation sites (tertiary alicyclic amines) is 1. The predicted molar refractivity (Wildman–Crippen MR) is 144 cm³/mol. The summed E-state index contributed by atoms with van der Waals surface area (Å²) in [5, 5.41) is 11.4. The monoisotopic (exact) mass is 504 g/mol. The fraction of sp³-hybridized carbons (Fsp3) is 0.400. The van der Waals surface area contributed by atoms with Gasteiger partial charge in [-0.15, -0.1) is 0 Å². The molecule has 0 spiro atoms. The lowest BCUT2D eigenvalue weighted by molar-refractivity contribution is -0.140.